The molecule has 1 amide bonds. The average Bonchev–Trinajstić information content (AvgIpc) is 2.80. The molecule has 0 aliphatic carbocycles. The number of aromatic nitrogens is 1. The third-order valence-electron chi connectivity index (χ3n) is 2.55. The lowest BCUT2D eigenvalue weighted by Crippen LogP contribution is -2.19. The van der Waals surface area contributed by atoms with E-state index in [0.29, 0.717) is 10.7 Å². The van der Waals surface area contributed by atoms with E-state index in [9.17, 15) is 9.59 Å². The molecule has 0 spiro atoms. The highest BCUT2D eigenvalue weighted by atomic mass is 127. The molecule has 0 fully saturated rings. The van der Waals surface area contributed by atoms with E-state index in [0.717, 1.165) is 3.57 Å². The fourth-order valence-electron chi connectivity index (χ4n) is 1.68. The second-order valence-corrected chi connectivity index (χ2v) is 5.65. The van der Waals surface area contributed by atoms with Crippen molar-refractivity contribution in [1.29, 1.82) is 0 Å². The molecule has 0 bridgehead atoms. The van der Waals surface area contributed by atoms with Gasteiger partial charge in [-0.15, -0.1) is 0 Å². The first-order valence-electron chi connectivity index (χ1n) is 5.60. The Hall–Kier alpha value is -1.54. The van der Waals surface area contributed by atoms with Gasteiger partial charge in [0.1, 0.15) is 12.2 Å². The van der Waals surface area contributed by atoms with Gasteiger partial charge in [0.15, 0.2) is 0 Å². The molecule has 104 valence electrons. The molecule has 1 heterocycles. The topological polar surface area (TPSA) is 71.3 Å². The van der Waals surface area contributed by atoms with E-state index >= 15 is 0 Å². The number of carbonyl (C=O) groups is 2. The minimum atomic E-state index is -1.01. The standard InChI is InChI=1S/C13H10ClIN2O3/c14-9-6-8(15)3-4-10(9)16-13(20)11-2-1-5-17(11)7-12(18)19/h1-6H,7H2,(H,16,20)(H,18,19). The van der Waals surface area contributed by atoms with E-state index < -0.39 is 11.9 Å². The molecule has 1 aromatic carbocycles. The lowest BCUT2D eigenvalue weighted by Gasteiger charge is -2.09. The molecule has 5 nitrogen and oxygen atoms in total. The Labute approximate surface area is 133 Å². The molecule has 7 heteroatoms. The van der Waals surface area contributed by atoms with Gasteiger partial charge in [-0.1, -0.05) is 11.6 Å². The Morgan fingerprint density at radius 2 is 2.10 bits per heavy atom. The third kappa shape index (κ3) is 3.51. The molecule has 0 aliphatic rings. The number of amides is 1. The number of nitrogens with zero attached hydrogens (tertiary/aromatic N) is 1. The van der Waals surface area contributed by atoms with Gasteiger partial charge in [0, 0.05) is 9.77 Å². The summed E-state index contributed by atoms with van der Waals surface area (Å²) < 4.78 is 2.32. The molecule has 0 aliphatic heterocycles. The Morgan fingerprint density at radius 1 is 1.35 bits per heavy atom. The van der Waals surface area contributed by atoms with Crippen LogP contribution in [0.15, 0.2) is 36.5 Å². The molecule has 20 heavy (non-hydrogen) atoms. The number of benzene rings is 1. The van der Waals surface area contributed by atoms with Gasteiger partial charge in [0.2, 0.25) is 0 Å². The van der Waals surface area contributed by atoms with Crippen LogP contribution in [0.2, 0.25) is 5.02 Å². The number of hydrogen-bond donors (Lipinski definition) is 2. The largest absolute Gasteiger partial charge is 0.480 e. The summed E-state index contributed by atoms with van der Waals surface area (Å²) in [6.45, 7) is -0.268. The van der Waals surface area contributed by atoms with Gasteiger partial charge in [-0.3, -0.25) is 9.59 Å². The predicted molar refractivity (Wildman–Crippen MR) is 84.2 cm³/mol. The van der Waals surface area contributed by atoms with Gasteiger partial charge < -0.3 is 15.0 Å². The summed E-state index contributed by atoms with van der Waals surface area (Å²) in [5.74, 6) is -1.41. The summed E-state index contributed by atoms with van der Waals surface area (Å²) >= 11 is 8.16. The molecule has 0 radical (unpaired) electrons. The van der Waals surface area contributed by atoms with Crippen molar-refractivity contribution in [2.75, 3.05) is 5.32 Å². The molecular weight excluding hydrogens is 395 g/mol. The molecule has 2 aromatic rings. The normalized spacial score (nSPS) is 10.3. The smallest absolute Gasteiger partial charge is 0.323 e. The predicted octanol–water partition coefficient (Wildman–Crippen LogP) is 3.08. The van der Waals surface area contributed by atoms with Crippen molar-refractivity contribution in [1.82, 2.24) is 4.57 Å². The monoisotopic (exact) mass is 404 g/mol. The van der Waals surface area contributed by atoms with Crippen molar-refractivity contribution in [2.24, 2.45) is 0 Å². The highest BCUT2D eigenvalue weighted by molar-refractivity contribution is 14.1. The van der Waals surface area contributed by atoms with Crippen LogP contribution in [0.4, 0.5) is 5.69 Å². The molecule has 0 saturated heterocycles. The number of nitrogens with one attached hydrogen (secondary N) is 1. The van der Waals surface area contributed by atoms with Crippen LogP contribution in [0.25, 0.3) is 0 Å². The van der Waals surface area contributed by atoms with Gasteiger partial charge >= 0.3 is 5.97 Å². The maximum absolute atomic E-state index is 12.1. The van der Waals surface area contributed by atoms with Gasteiger partial charge in [-0.25, -0.2) is 0 Å². The molecule has 1 aromatic heterocycles. The molecular formula is C13H10ClIN2O3. The van der Waals surface area contributed by atoms with Crippen LogP contribution >= 0.6 is 34.2 Å². The number of rotatable bonds is 4. The van der Waals surface area contributed by atoms with Gasteiger partial charge in [0.05, 0.1) is 10.7 Å². The summed E-state index contributed by atoms with van der Waals surface area (Å²) in [5, 5.41) is 11.9. The molecule has 2 rings (SSSR count). The second-order valence-electron chi connectivity index (χ2n) is 3.99. The second kappa shape index (κ2) is 6.27. The zero-order valence-electron chi connectivity index (χ0n) is 10.1. The lowest BCUT2D eigenvalue weighted by atomic mass is 10.3. The van der Waals surface area contributed by atoms with Crippen LogP contribution in [0.5, 0.6) is 0 Å². The average molecular weight is 405 g/mol. The third-order valence-corrected chi connectivity index (χ3v) is 3.53. The van der Waals surface area contributed by atoms with Crippen molar-refractivity contribution in [3.8, 4) is 0 Å². The quantitative estimate of drug-likeness (QED) is 0.770. The molecule has 0 unspecified atom stereocenters. The van der Waals surface area contributed by atoms with Crippen LogP contribution in [-0.2, 0) is 11.3 Å². The van der Waals surface area contributed by atoms with Crippen LogP contribution in [0, 0.1) is 3.57 Å². The summed E-state index contributed by atoms with van der Waals surface area (Å²) in [6.07, 6.45) is 1.54. The number of aliphatic carboxylic acids is 1. The summed E-state index contributed by atoms with van der Waals surface area (Å²) in [4.78, 5) is 22.8. The number of carboxylic acids is 1. The van der Waals surface area contributed by atoms with Gasteiger partial charge in [-0.05, 0) is 52.9 Å². The first kappa shape index (κ1) is 14.9. The Bertz CT molecular complexity index is 669. The van der Waals surface area contributed by atoms with Crippen molar-refractivity contribution < 1.29 is 14.7 Å². The maximum atomic E-state index is 12.1. The van der Waals surface area contributed by atoms with Crippen molar-refractivity contribution in [3.63, 3.8) is 0 Å². The maximum Gasteiger partial charge on any atom is 0.323 e. The summed E-state index contributed by atoms with van der Waals surface area (Å²) in [7, 11) is 0. The van der Waals surface area contributed by atoms with Crippen molar-refractivity contribution in [3.05, 3.63) is 50.8 Å². The summed E-state index contributed by atoms with van der Waals surface area (Å²) in [5.41, 5.74) is 0.752. The summed E-state index contributed by atoms with van der Waals surface area (Å²) in [6, 6.07) is 8.42. The lowest BCUT2D eigenvalue weighted by molar-refractivity contribution is -0.137. The minimum Gasteiger partial charge on any atom is -0.480 e. The van der Waals surface area contributed by atoms with E-state index in [1.54, 1.807) is 30.5 Å². The van der Waals surface area contributed by atoms with Crippen LogP contribution < -0.4 is 5.32 Å². The highest BCUT2D eigenvalue weighted by Crippen LogP contribution is 2.24. The Balaban J connectivity index is 2.20. The van der Waals surface area contributed by atoms with E-state index in [1.807, 2.05) is 6.07 Å². The van der Waals surface area contributed by atoms with E-state index in [4.69, 9.17) is 16.7 Å². The fourth-order valence-corrected chi connectivity index (χ4v) is 2.58. The zero-order chi connectivity index (χ0) is 14.7. The number of anilines is 1. The number of carboxylic acid groups (broad SMARTS) is 1. The van der Waals surface area contributed by atoms with E-state index in [2.05, 4.69) is 27.9 Å². The molecule has 0 atom stereocenters. The number of hydrogen-bond acceptors (Lipinski definition) is 2. The number of carbonyl (C=O) groups excluding carboxylic acids is 1. The first-order chi connectivity index (χ1) is 9.47. The van der Waals surface area contributed by atoms with Crippen LogP contribution in [-0.4, -0.2) is 21.6 Å². The number of halogens is 2. The van der Waals surface area contributed by atoms with E-state index in [1.165, 1.54) is 4.57 Å². The van der Waals surface area contributed by atoms with Gasteiger partial charge in [0.25, 0.3) is 5.91 Å². The minimum absolute atomic E-state index is 0.266. The SMILES string of the molecule is O=C(O)Cn1cccc1C(=O)Nc1ccc(I)cc1Cl. The Morgan fingerprint density at radius 3 is 2.75 bits per heavy atom. The van der Waals surface area contributed by atoms with Crippen LogP contribution in [0.3, 0.4) is 0 Å². The van der Waals surface area contributed by atoms with Crippen LogP contribution in [0.1, 0.15) is 10.5 Å². The molecule has 2 N–H and O–H groups in total. The van der Waals surface area contributed by atoms with E-state index in [-0.39, 0.29) is 12.2 Å². The fraction of sp³-hybridized carbons (Fsp3) is 0.0769. The highest BCUT2D eigenvalue weighted by Gasteiger charge is 2.14. The first-order valence-corrected chi connectivity index (χ1v) is 7.06. The van der Waals surface area contributed by atoms with Crippen molar-refractivity contribution in [2.45, 2.75) is 6.54 Å². The Kier molecular flexibility index (Phi) is 4.66. The van der Waals surface area contributed by atoms with Crippen molar-refractivity contribution >= 4 is 51.8 Å². The van der Waals surface area contributed by atoms with Gasteiger partial charge in [-0.2, -0.15) is 0 Å². The zero-order valence-corrected chi connectivity index (χ0v) is 13.1. The molecule has 0 saturated carbocycles.